The van der Waals surface area contributed by atoms with Gasteiger partial charge in [0.05, 0.1) is 19.2 Å². The molecule has 0 aliphatic carbocycles. The number of fused-ring (bicyclic) bond motifs is 1. The van der Waals surface area contributed by atoms with Crippen LogP contribution >= 0.6 is 0 Å². The van der Waals surface area contributed by atoms with Gasteiger partial charge in [0.1, 0.15) is 11.5 Å². The predicted octanol–water partition coefficient (Wildman–Crippen LogP) is 4.81. The highest BCUT2D eigenvalue weighted by atomic mass is 28.4. The Hall–Kier alpha value is -2.31. The first-order valence-electron chi connectivity index (χ1n) is 10.9. The summed E-state index contributed by atoms with van der Waals surface area (Å²) >= 11 is 0. The molecule has 0 fully saturated rings. The van der Waals surface area contributed by atoms with Crippen molar-refractivity contribution in [2.45, 2.75) is 58.3 Å². The summed E-state index contributed by atoms with van der Waals surface area (Å²) in [4.78, 5) is 15.1. The van der Waals surface area contributed by atoms with Crippen molar-refractivity contribution in [1.82, 2.24) is 4.90 Å². The number of aliphatic hydroxyl groups excluding tert-OH is 1. The molecule has 1 aliphatic rings. The van der Waals surface area contributed by atoms with E-state index in [-0.39, 0.29) is 17.6 Å². The lowest BCUT2D eigenvalue weighted by Gasteiger charge is -2.38. The molecular weight excluding hydrogens is 406 g/mol. The molecule has 0 unspecified atom stereocenters. The molecule has 0 bridgehead atoms. The molecule has 0 saturated heterocycles. The van der Waals surface area contributed by atoms with Gasteiger partial charge in [0.25, 0.3) is 14.2 Å². The fourth-order valence-electron chi connectivity index (χ4n) is 3.65. The number of carbonyl (C=O) groups excluding carboxylic acids is 1. The van der Waals surface area contributed by atoms with E-state index >= 15 is 0 Å². The van der Waals surface area contributed by atoms with Crippen molar-refractivity contribution < 1.29 is 19.1 Å². The van der Waals surface area contributed by atoms with Crippen molar-refractivity contribution in [3.05, 3.63) is 58.7 Å². The van der Waals surface area contributed by atoms with Gasteiger partial charge in [0.15, 0.2) is 0 Å². The SMILES string of the molecule is COc1cc2c(c(O[Si](C)(C)C(C)(C)C)c1CCO)CN(CCc1ccccc1)C2=O. The molecule has 1 aliphatic heterocycles. The molecule has 0 aromatic heterocycles. The third-order valence-corrected chi connectivity index (χ3v) is 10.9. The monoisotopic (exact) mass is 441 g/mol. The lowest BCUT2D eigenvalue weighted by Crippen LogP contribution is -2.44. The molecular formula is C25H35NO4Si. The first-order chi connectivity index (χ1) is 14.6. The Balaban J connectivity index is 1.99. The molecule has 2 aromatic rings. The second-order valence-corrected chi connectivity index (χ2v) is 14.4. The molecule has 1 heterocycles. The highest BCUT2D eigenvalue weighted by Crippen LogP contribution is 2.45. The lowest BCUT2D eigenvalue weighted by atomic mass is 10.0. The maximum Gasteiger partial charge on any atom is 0.254 e. The second kappa shape index (κ2) is 9.05. The number of hydrogen-bond acceptors (Lipinski definition) is 4. The van der Waals surface area contributed by atoms with E-state index in [1.807, 2.05) is 29.2 Å². The van der Waals surface area contributed by atoms with E-state index < -0.39 is 8.32 Å². The number of hydrogen-bond donors (Lipinski definition) is 1. The number of nitrogens with zero attached hydrogens (tertiary/aromatic N) is 1. The third kappa shape index (κ3) is 4.80. The Morgan fingerprint density at radius 2 is 1.81 bits per heavy atom. The summed E-state index contributed by atoms with van der Waals surface area (Å²) in [6.45, 7) is 12.2. The quantitative estimate of drug-likeness (QED) is 0.597. The van der Waals surface area contributed by atoms with Crippen molar-refractivity contribution in [1.29, 1.82) is 0 Å². The summed E-state index contributed by atoms with van der Waals surface area (Å²) in [6, 6.07) is 12.0. The van der Waals surface area contributed by atoms with Gasteiger partial charge in [-0.05, 0) is 36.2 Å². The highest BCUT2D eigenvalue weighted by molar-refractivity contribution is 6.74. The van der Waals surface area contributed by atoms with Crippen LogP contribution in [-0.2, 0) is 19.4 Å². The number of aliphatic hydroxyl groups is 1. The molecule has 6 heteroatoms. The molecule has 0 saturated carbocycles. The molecule has 168 valence electrons. The molecule has 2 aromatic carbocycles. The molecule has 0 radical (unpaired) electrons. The Bertz CT molecular complexity index is 935. The lowest BCUT2D eigenvalue weighted by molar-refractivity contribution is 0.0780. The van der Waals surface area contributed by atoms with Gasteiger partial charge >= 0.3 is 0 Å². The average molecular weight is 442 g/mol. The van der Waals surface area contributed by atoms with Crippen LogP contribution in [0.4, 0.5) is 0 Å². The number of rotatable bonds is 8. The molecule has 1 N–H and O–H groups in total. The number of amides is 1. The summed E-state index contributed by atoms with van der Waals surface area (Å²) < 4.78 is 12.4. The largest absolute Gasteiger partial charge is 0.543 e. The van der Waals surface area contributed by atoms with E-state index in [0.717, 1.165) is 23.3 Å². The van der Waals surface area contributed by atoms with E-state index in [1.165, 1.54) is 5.56 Å². The maximum absolute atomic E-state index is 13.2. The van der Waals surface area contributed by atoms with E-state index in [2.05, 4.69) is 46.0 Å². The van der Waals surface area contributed by atoms with E-state index in [1.54, 1.807) is 7.11 Å². The van der Waals surface area contributed by atoms with Crippen LogP contribution in [0, 0.1) is 0 Å². The van der Waals surface area contributed by atoms with Crippen LogP contribution in [0.15, 0.2) is 36.4 Å². The Labute approximate surface area is 187 Å². The van der Waals surface area contributed by atoms with Crippen LogP contribution in [-0.4, -0.2) is 44.5 Å². The summed E-state index contributed by atoms with van der Waals surface area (Å²) in [5.74, 6) is 1.37. The topological polar surface area (TPSA) is 59.0 Å². The number of carbonyl (C=O) groups is 1. The zero-order valence-corrected chi connectivity index (χ0v) is 20.6. The third-order valence-electron chi connectivity index (χ3n) is 6.57. The average Bonchev–Trinajstić information content (AvgIpc) is 3.03. The van der Waals surface area contributed by atoms with Crippen molar-refractivity contribution in [3.63, 3.8) is 0 Å². The number of benzene rings is 2. The maximum atomic E-state index is 13.2. The molecule has 0 spiro atoms. The van der Waals surface area contributed by atoms with E-state index in [4.69, 9.17) is 9.16 Å². The molecule has 3 rings (SSSR count). The molecule has 0 atom stereocenters. The van der Waals surface area contributed by atoms with Gasteiger partial charge < -0.3 is 19.2 Å². The van der Waals surface area contributed by atoms with E-state index in [9.17, 15) is 9.90 Å². The van der Waals surface area contributed by atoms with Gasteiger partial charge in [0, 0.05) is 30.7 Å². The van der Waals surface area contributed by atoms with Gasteiger partial charge in [-0.3, -0.25) is 4.79 Å². The number of methoxy groups -OCH3 is 1. The van der Waals surface area contributed by atoms with Crippen LogP contribution in [0.5, 0.6) is 11.5 Å². The second-order valence-electron chi connectivity index (χ2n) is 9.71. The zero-order chi connectivity index (χ0) is 22.8. The first-order valence-corrected chi connectivity index (χ1v) is 13.9. The van der Waals surface area contributed by atoms with Crippen molar-refractivity contribution in [2.75, 3.05) is 20.3 Å². The Morgan fingerprint density at radius 3 is 2.39 bits per heavy atom. The Morgan fingerprint density at radius 1 is 1.13 bits per heavy atom. The van der Waals surface area contributed by atoms with Crippen LogP contribution in [0.2, 0.25) is 18.1 Å². The minimum absolute atomic E-state index is 0.00528. The molecule has 31 heavy (non-hydrogen) atoms. The van der Waals surface area contributed by atoms with Crippen LogP contribution in [0.1, 0.15) is 47.8 Å². The van der Waals surface area contributed by atoms with Crippen molar-refractivity contribution in [2.24, 2.45) is 0 Å². The normalized spacial score (nSPS) is 14.0. The van der Waals surface area contributed by atoms with Gasteiger partial charge in [-0.15, -0.1) is 0 Å². The zero-order valence-electron chi connectivity index (χ0n) is 19.6. The molecule has 5 nitrogen and oxygen atoms in total. The van der Waals surface area contributed by atoms with Gasteiger partial charge in [-0.1, -0.05) is 51.1 Å². The molecule has 1 amide bonds. The summed E-state index contributed by atoms with van der Waals surface area (Å²) in [6.07, 6.45) is 1.23. The van der Waals surface area contributed by atoms with Gasteiger partial charge in [-0.25, -0.2) is 0 Å². The van der Waals surface area contributed by atoms with Crippen molar-refractivity contribution in [3.8, 4) is 11.5 Å². The summed E-state index contributed by atoms with van der Waals surface area (Å²) in [5, 5.41) is 9.72. The predicted molar refractivity (Wildman–Crippen MR) is 126 cm³/mol. The Kier molecular flexibility index (Phi) is 6.81. The minimum Gasteiger partial charge on any atom is -0.543 e. The minimum atomic E-state index is -2.17. The summed E-state index contributed by atoms with van der Waals surface area (Å²) in [7, 11) is -0.564. The fraction of sp³-hybridized carbons (Fsp3) is 0.480. The standard InChI is InChI=1S/C25H35NO4Si/c1-25(2,3)31(5,6)30-23-19(13-15-27)22(29-4)16-20-21(23)17-26(24(20)28)14-12-18-10-8-7-9-11-18/h7-11,16,27H,12-15,17H2,1-6H3. The van der Waals surface area contributed by atoms with Crippen molar-refractivity contribution >= 4 is 14.2 Å². The van der Waals surface area contributed by atoms with Crippen LogP contribution < -0.4 is 9.16 Å². The van der Waals surface area contributed by atoms with Gasteiger partial charge in [0.2, 0.25) is 0 Å². The van der Waals surface area contributed by atoms with Crippen LogP contribution in [0.3, 0.4) is 0 Å². The van der Waals surface area contributed by atoms with Gasteiger partial charge in [-0.2, -0.15) is 0 Å². The van der Waals surface area contributed by atoms with E-state index in [0.29, 0.717) is 30.8 Å². The highest BCUT2D eigenvalue weighted by Gasteiger charge is 2.42. The number of ether oxygens (including phenoxy) is 1. The van der Waals surface area contributed by atoms with Crippen LogP contribution in [0.25, 0.3) is 0 Å². The smallest absolute Gasteiger partial charge is 0.254 e. The fourth-order valence-corrected chi connectivity index (χ4v) is 4.72. The first kappa shape index (κ1) is 23.4. The summed E-state index contributed by atoms with van der Waals surface area (Å²) in [5.41, 5.74) is 3.64.